The van der Waals surface area contributed by atoms with Crippen molar-refractivity contribution < 1.29 is 13.7 Å². The molecule has 3 aliphatic rings. The molecule has 0 aromatic heterocycles. The Morgan fingerprint density at radius 1 is 1.04 bits per heavy atom. The smallest absolute Gasteiger partial charge is 0.398 e. The van der Waals surface area contributed by atoms with E-state index in [2.05, 4.69) is 35.2 Å². The summed E-state index contributed by atoms with van der Waals surface area (Å²) in [5.74, 6) is 0. The Hall–Kier alpha value is -1.17. The summed E-state index contributed by atoms with van der Waals surface area (Å²) >= 11 is 0. The molecule has 3 saturated heterocycles. The Morgan fingerprint density at radius 3 is 2.12 bits per heavy atom. The first kappa shape index (κ1) is 18.2. The molecule has 3 nitrogen and oxygen atoms in total. The number of piperidine rings is 1. The van der Waals surface area contributed by atoms with E-state index in [-0.39, 0.29) is 5.73 Å². The highest BCUT2D eigenvalue weighted by atomic mass is 19.1. The van der Waals surface area contributed by atoms with Gasteiger partial charge in [-0.2, -0.15) is 0 Å². The van der Waals surface area contributed by atoms with Gasteiger partial charge in [-0.25, -0.2) is 4.39 Å². The second-order valence-corrected chi connectivity index (χ2v) is 8.99. The minimum Gasteiger partial charge on any atom is -0.398 e. The van der Waals surface area contributed by atoms with E-state index >= 15 is 4.39 Å². The van der Waals surface area contributed by atoms with Gasteiger partial charge in [-0.05, 0) is 64.5 Å². The minimum absolute atomic E-state index is 0.181. The number of hydrogen-bond acceptors (Lipinski definition) is 3. The van der Waals surface area contributed by atoms with Crippen molar-refractivity contribution >= 4 is 7.12 Å². The molecule has 0 aliphatic carbocycles. The van der Waals surface area contributed by atoms with Crippen molar-refractivity contribution in [2.45, 2.75) is 83.2 Å². The van der Waals surface area contributed by atoms with Gasteiger partial charge in [-0.15, -0.1) is 0 Å². The van der Waals surface area contributed by atoms with Crippen molar-refractivity contribution in [1.29, 1.82) is 0 Å². The molecule has 5 heteroatoms. The van der Waals surface area contributed by atoms with Gasteiger partial charge in [0.15, 0.2) is 0 Å². The zero-order chi connectivity index (χ0) is 18.5. The maximum atomic E-state index is 15.2. The van der Waals surface area contributed by atoms with Crippen molar-refractivity contribution in [2.24, 2.45) is 0 Å². The quantitative estimate of drug-likeness (QED) is 0.734. The van der Waals surface area contributed by atoms with Crippen molar-refractivity contribution in [2.75, 3.05) is 0 Å². The Labute approximate surface area is 156 Å². The highest BCUT2D eigenvalue weighted by molar-refractivity contribution is 6.53. The maximum Gasteiger partial charge on any atom is 0.525 e. The van der Waals surface area contributed by atoms with E-state index in [1.54, 1.807) is 0 Å². The van der Waals surface area contributed by atoms with Crippen LogP contribution in [0.2, 0.25) is 0 Å². The molecule has 3 fully saturated rings. The van der Waals surface area contributed by atoms with Gasteiger partial charge >= 0.3 is 7.12 Å². The fourth-order valence-electron chi connectivity index (χ4n) is 4.47. The van der Waals surface area contributed by atoms with Crippen molar-refractivity contribution in [3.8, 4) is 0 Å². The molecular formula is C21H29BFNO2. The lowest BCUT2D eigenvalue weighted by atomic mass is 9.80. The predicted molar refractivity (Wildman–Crippen MR) is 102 cm³/mol. The molecule has 2 bridgehead atoms. The number of halogens is 1. The summed E-state index contributed by atoms with van der Waals surface area (Å²) in [5.41, 5.74) is 1.06. The van der Waals surface area contributed by atoms with Crippen LogP contribution in [0.1, 0.15) is 58.9 Å². The van der Waals surface area contributed by atoms with Crippen LogP contribution < -0.4 is 0 Å². The third-order valence-corrected chi connectivity index (χ3v) is 6.74. The Morgan fingerprint density at radius 2 is 1.58 bits per heavy atom. The van der Waals surface area contributed by atoms with Gasteiger partial charge in [0.25, 0.3) is 0 Å². The molecule has 2 unspecified atom stereocenters. The van der Waals surface area contributed by atoms with Gasteiger partial charge in [-0.1, -0.05) is 30.3 Å². The fraction of sp³-hybridized carbons (Fsp3) is 0.619. The predicted octanol–water partition coefficient (Wildman–Crippen LogP) is 4.67. The summed E-state index contributed by atoms with van der Waals surface area (Å²) in [4.78, 5) is 2.57. The molecule has 26 heavy (non-hydrogen) atoms. The first-order valence-electron chi connectivity index (χ1n) is 9.79. The van der Waals surface area contributed by atoms with Crippen LogP contribution in [0.15, 0.2) is 41.6 Å². The molecule has 140 valence electrons. The Kier molecular flexibility index (Phi) is 4.53. The Bertz CT molecular complexity index is 671. The number of benzene rings is 1. The molecule has 0 N–H and O–H groups in total. The number of nitrogens with zero attached hydrogens (tertiary/aromatic N) is 1. The monoisotopic (exact) mass is 357 g/mol. The zero-order valence-electron chi connectivity index (χ0n) is 16.3. The van der Waals surface area contributed by atoms with Crippen molar-refractivity contribution in [1.82, 2.24) is 4.90 Å². The van der Waals surface area contributed by atoms with Gasteiger partial charge in [0.1, 0.15) is 5.73 Å². The van der Waals surface area contributed by atoms with Gasteiger partial charge in [-0.3, -0.25) is 4.90 Å². The highest BCUT2D eigenvalue weighted by Gasteiger charge is 2.54. The number of hydrogen-bond donors (Lipinski definition) is 0. The molecule has 0 spiro atoms. The number of fused-ring (bicyclic) bond motifs is 2. The van der Waals surface area contributed by atoms with Crippen molar-refractivity contribution in [3.63, 3.8) is 0 Å². The average Bonchev–Trinajstić information content (AvgIpc) is 2.95. The van der Waals surface area contributed by atoms with Gasteiger partial charge in [0.2, 0.25) is 0 Å². The molecule has 3 heterocycles. The second-order valence-electron chi connectivity index (χ2n) is 8.99. The van der Waals surface area contributed by atoms with Gasteiger partial charge in [0, 0.05) is 18.6 Å². The normalized spacial score (nSPS) is 30.0. The van der Waals surface area contributed by atoms with E-state index in [1.165, 1.54) is 5.56 Å². The largest absolute Gasteiger partial charge is 0.525 e. The van der Waals surface area contributed by atoms with E-state index in [4.69, 9.17) is 9.31 Å². The fourth-order valence-corrected chi connectivity index (χ4v) is 4.47. The van der Waals surface area contributed by atoms with E-state index in [0.29, 0.717) is 12.1 Å². The van der Waals surface area contributed by atoms with E-state index < -0.39 is 18.3 Å². The highest BCUT2D eigenvalue weighted by Crippen LogP contribution is 2.44. The lowest BCUT2D eigenvalue weighted by Gasteiger charge is -2.36. The van der Waals surface area contributed by atoms with Crippen LogP contribution in [0.4, 0.5) is 4.39 Å². The van der Waals surface area contributed by atoms with Crippen LogP contribution in [0.5, 0.6) is 0 Å². The maximum absolute atomic E-state index is 15.2. The third kappa shape index (κ3) is 3.15. The van der Waals surface area contributed by atoms with Crippen LogP contribution >= 0.6 is 0 Å². The van der Waals surface area contributed by atoms with Gasteiger partial charge in [0.05, 0.1) is 11.2 Å². The van der Waals surface area contributed by atoms with Gasteiger partial charge < -0.3 is 9.31 Å². The van der Waals surface area contributed by atoms with Crippen LogP contribution in [0.3, 0.4) is 0 Å². The van der Waals surface area contributed by atoms with E-state index in [0.717, 1.165) is 37.8 Å². The molecule has 0 radical (unpaired) electrons. The molecule has 2 atom stereocenters. The van der Waals surface area contributed by atoms with E-state index in [1.807, 2.05) is 27.7 Å². The summed E-state index contributed by atoms with van der Waals surface area (Å²) in [5, 5.41) is 0. The topological polar surface area (TPSA) is 21.7 Å². The summed E-state index contributed by atoms with van der Waals surface area (Å²) < 4.78 is 27.1. The summed E-state index contributed by atoms with van der Waals surface area (Å²) in [6.07, 6.45) is 3.88. The molecule has 1 aromatic rings. The molecule has 0 amide bonds. The van der Waals surface area contributed by atoms with Crippen LogP contribution in [-0.2, 0) is 15.9 Å². The molecular weight excluding hydrogens is 328 g/mol. The summed E-state index contributed by atoms with van der Waals surface area (Å²) in [6.45, 7) is 8.84. The standard InChI is InChI=1S/C21H29BFNO2/c1-20(2)21(3,4)26-22(25-20)19(23)16-12-17-10-11-18(13-16)24(17)14-15-8-6-5-7-9-15/h5-9,17-18H,10-14H2,1-4H3. The molecule has 1 aromatic carbocycles. The zero-order valence-corrected chi connectivity index (χ0v) is 16.3. The first-order chi connectivity index (χ1) is 12.3. The first-order valence-corrected chi connectivity index (χ1v) is 9.79. The van der Waals surface area contributed by atoms with Crippen LogP contribution in [0, 0.1) is 0 Å². The minimum atomic E-state index is -0.852. The number of rotatable bonds is 3. The third-order valence-electron chi connectivity index (χ3n) is 6.74. The molecule has 0 saturated carbocycles. The van der Waals surface area contributed by atoms with Crippen LogP contribution in [0.25, 0.3) is 0 Å². The lowest BCUT2D eigenvalue weighted by molar-refractivity contribution is 0.00578. The SMILES string of the molecule is CC1(C)OB(C(F)=C2CC3CCC(C2)N3Cc2ccccc2)OC1(C)C. The summed E-state index contributed by atoms with van der Waals surface area (Å²) in [7, 11) is -0.852. The van der Waals surface area contributed by atoms with Crippen LogP contribution in [-0.4, -0.2) is 35.3 Å². The van der Waals surface area contributed by atoms with Crippen molar-refractivity contribution in [3.05, 3.63) is 47.2 Å². The molecule has 4 rings (SSSR count). The Balaban J connectivity index is 1.49. The lowest BCUT2D eigenvalue weighted by Crippen LogP contribution is -2.41. The summed E-state index contributed by atoms with van der Waals surface area (Å²) in [6, 6.07) is 11.4. The average molecular weight is 357 g/mol. The van der Waals surface area contributed by atoms with E-state index in [9.17, 15) is 0 Å². The second kappa shape index (κ2) is 6.47. The molecule has 3 aliphatic heterocycles.